The van der Waals surface area contributed by atoms with Crippen LogP contribution in [0.3, 0.4) is 0 Å². The van der Waals surface area contributed by atoms with E-state index in [1.807, 2.05) is 24.3 Å². The summed E-state index contributed by atoms with van der Waals surface area (Å²) in [6.45, 7) is 0.406. The fraction of sp³-hybridized carbons (Fsp3) is 0.0909. The van der Waals surface area contributed by atoms with Crippen LogP contribution in [-0.4, -0.2) is 24.3 Å². The van der Waals surface area contributed by atoms with Crippen LogP contribution in [0.1, 0.15) is 21.5 Å². The van der Waals surface area contributed by atoms with Gasteiger partial charge in [-0.2, -0.15) is 5.10 Å². The molecule has 0 atom stereocenters. The second kappa shape index (κ2) is 9.61. The van der Waals surface area contributed by atoms with Crippen LogP contribution in [-0.2, 0) is 6.61 Å². The van der Waals surface area contributed by atoms with Crippen molar-refractivity contribution in [3.63, 3.8) is 0 Å². The van der Waals surface area contributed by atoms with Crippen LogP contribution >= 0.6 is 11.6 Å². The standard InChI is InChI=1S/C22H19ClN2O4/c1-28-21-12-16(4-11-20(21)26)13-24-25-22(27)17-5-9-19(10-6-17)29-14-15-2-7-18(23)8-3-15/h2-13,26H,14H2,1H3,(H,25,27). The molecular formula is C22H19ClN2O4. The zero-order valence-electron chi connectivity index (χ0n) is 15.6. The van der Waals surface area contributed by atoms with E-state index in [4.69, 9.17) is 21.1 Å². The highest BCUT2D eigenvalue weighted by molar-refractivity contribution is 6.30. The number of rotatable bonds is 7. The van der Waals surface area contributed by atoms with Crippen LogP contribution < -0.4 is 14.9 Å². The molecule has 0 saturated carbocycles. The third kappa shape index (κ3) is 5.73. The van der Waals surface area contributed by atoms with Gasteiger partial charge in [-0.25, -0.2) is 5.43 Å². The van der Waals surface area contributed by atoms with Crippen LogP contribution in [0.25, 0.3) is 0 Å². The maximum Gasteiger partial charge on any atom is 0.271 e. The SMILES string of the molecule is COc1cc(C=NNC(=O)c2ccc(OCc3ccc(Cl)cc3)cc2)ccc1O. The number of carbonyl (C=O) groups excluding carboxylic acids is 1. The molecule has 0 saturated heterocycles. The Morgan fingerprint density at radius 2 is 1.83 bits per heavy atom. The van der Waals surface area contributed by atoms with Gasteiger partial charge < -0.3 is 14.6 Å². The Morgan fingerprint density at radius 1 is 1.10 bits per heavy atom. The molecule has 0 radical (unpaired) electrons. The van der Waals surface area contributed by atoms with Gasteiger partial charge in [0.2, 0.25) is 0 Å². The summed E-state index contributed by atoms with van der Waals surface area (Å²) in [5, 5.41) is 14.2. The average Bonchev–Trinajstić information content (AvgIpc) is 2.75. The molecule has 6 nitrogen and oxygen atoms in total. The van der Waals surface area contributed by atoms with Crippen molar-refractivity contribution in [3.8, 4) is 17.2 Å². The van der Waals surface area contributed by atoms with Gasteiger partial charge in [-0.05, 0) is 65.7 Å². The lowest BCUT2D eigenvalue weighted by Crippen LogP contribution is -2.17. The maximum atomic E-state index is 12.2. The molecule has 0 aliphatic heterocycles. The number of phenolic OH excluding ortho intramolecular Hbond substituents is 1. The molecule has 7 heteroatoms. The van der Waals surface area contributed by atoms with E-state index in [0.717, 1.165) is 5.56 Å². The van der Waals surface area contributed by atoms with Gasteiger partial charge in [0.05, 0.1) is 13.3 Å². The molecule has 148 valence electrons. The summed E-state index contributed by atoms with van der Waals surface area (Å²) in [5.41, 5.74) is 4.57. The van der Waals surface area contributed by atoms with Crippen molar-refractivity contribution in [2.24, 2.45) is 5.10 Å². The van der Waals surface area contributed by atoms with E-state index >= 15 is 0 Å². The van der Waals surface area contributed by atoms with E-state index in [-0.39, 0.29) is 11.7 Å². The number of hydrogen-bond acceptors (Lipinski definition) is 5. The topological polar surface area (TPSA) is 80.2 Å². The molecular weight excluding hydrogens is 392 g/mol. The molecule has 1 amide bonds. The number of nitrogens with zero attached hydrogens (tertiary/aromatic N) is 1. The number of hydrogen-bond donors (Lipinski definition) is 2. The van der Waals surface area contributed by atoms with E-state index in [1.165, 1.54) is 19.4 Å². The first-order chi connectivity index (χ1) is 14.0. The zero-order chi connectivity index (χ0) is 20.6. The van der Waals surface area contributed by atoms with E-state index in [2.05, 4.69) is 10.5 Å². The molecule has 0 bridgehead atoms. The van der Waals surface area contributed by atoms with Gasteiger partial charge in [0.1, 0.15) is 12.4 Å². The highest BCUT2D eigenvalue weighted by Gasteiger charge is 2.05. The first-order valence-electron chi connectivity index (χ1n) is 8.73. The van der Waals surface area contributed by atoms with E-state index in [9.17, 15) is 9.90 Å². The Kier molecular flexibility index (Phi) is 6.71. The fourth-order valence-corrected chi connectivity index (χ4v) is 2.58. The Labute approximate surface area is 173 Å². The first kappa shape index (κ1) is 20.2. The van der Waals surface area contributed by atoms with Gasteiger partial charge in [-0.3, -0.25) is 4.79 Å². The minimum Gasteiger partial charge on any atom is -0.504 e. The molecule has 0 unspecified atom stereocenters. The molecule has 3 rings (SSSR count). The lowest BCUT2D eigenvalue weighted by Gasteiger charge is -2.07. The normalized spacial score (nSPS) is 10.7. The van der Waals surface area contributed by atoms with Crippen LogP contribution in [0.2, 0.25) is 5.02 Å². The molecule has 0 aromatic heterocycles. The number of phenols is 1. The minimum absolute atomic E-state index is 0.0343. The van der Waals surface area contributed by atoms with E-state index < -0.39 is 0 Å². The summed E-state index contributed by atoms with van der Waals surface area (Å²) in [4.78, 5) is 12.2. The number of nitrogens with one attached hydrogen (secondary N) is 1. The third-order valence-corrected chi connectivity index (χ3v) is 4.27. The highest BCUT2D eigenvalue weighted by Crippen LogP contribution is 2.25. The summed E-state index contributed by atoms with van der Waals surface area (Å²) in [6, 6.07) is 18.9. The van der Waals surface area contributed by atoms with Crippen molar-refractivity contribution in [2.45, 2.75) is 6.61 Å². The molecule has 0 aliphatic rings. The predicted octanol–water partition coefficient (Wildman–Crippen LogP) is 4.40. The summed E-state index contributed by atoms with van der Waals surface area (Å²) in [5.74, 6) is 0.661. The molecule has 0 aliphatic carbocycles. The second-order valence-electron chi connectivity index (χ2n) is 6.07. The Balaban J connectivity index is 1.54. The molecule has 3 aromatic carbocycles. The third-order valence-electron chi connectivity index (χ3n) is 4.02. The second-order valence-corrected chi connectivity index (χ2v) is 6.51. The summed E-state index contributed by atoms with van der Waals surface area (Å²) < 4.78 is 10.7. The molecule has 0 heterocycles. The lowest BCUT2D eigenvalue weighted by atomic mass is 10.2. The maximum absolute atomic E-state index is 12.2. The van der Waals surface area contributed by atoms with Crippen LogP contribution in [0.15, 0.2) is 71.8 Å². The average molecular weight is 411 g/mol. The van der Waals surface area contributed by atoms with Crippen molar-refractivity contribution >= 4 is 23.7 Å². The van der Waals surface area contributed by atoms with Crippen LogP contribution in [0.4, 0.5) is 0 Å². The van der Waals surface area contributed by atoms with Crippen LogP contribution in [0.5, 0.6) is 17.2 Å². The summed E-state index contributed by atoms with van der Waals surface area (Å²) >= 11 is 5.86. The molecule has 29 heavy (non-hydrogen) atoms. The number of ether oxygens (including phenoxy) is 2. The summed E-state index contributed by atoms with van der Waals surface area (Å²) in [7, 11) is 1.46. The largest absolute Gasteiger partial charge is 0.504 e. The zero-order valence-corrected chi connectivity index (χ0v) is 16.4. The first-order valence-corrected chi connectivity index (χ1v) is 9.10. The van der Waals surface area contributed by atoms with E-state index in [0.29, 0.717) is 34.3 Å². The van der Waals surface area contributed by atoms with Crippen LogP contribution in [0, 0.1) is 0 Å². The number of carbonyl (C=O) groups is 1. The highest BCUT2D eigenvalue weighted by atomic mass is 35.5. The molecule has 0 spiro atoms. The van der Waals surface area contributed by atoms with Gasteiger partial charge >= 0.3 is 0 Å². The fourth-order valence-electron chi connectivity index (χ4n) is 2.45. The van der Waals surface area contributed by atoms with Crippen molar-refractivity contribution in [2.75, 3.05) is 7.11 Å². The molecule has 2 N–H and O–H groups in total. The van der Waals surface area contributed by atoms with Crippen molar-refractivity contribution < 1.29 is 19.4 Å². The predicted molar refractivity (Wildman–Crippen MR) is 112 cm³/mol. The number of halogens is 1. The Bertz CT molecular complexity index is 1000. The monoisotopic (exact) mass is 410 g/mol. The van der Waals surface area contributed by atoms with Crippen molar-refractivity contribution in [1.82, 2.24) is 5.43 Å². The van der Waals surface area contributed by atoms with Gasteiger partial charge in [0.25, 0.3) is 5.91 Å². The van der Waals surface area contributed by atoms with Gasteiger partial charge in [-0.15, -0.1) is 0 Å². The number of amides is 1. The number of methoxy groups -OCH3 is 1. The molecule has 3 aromatic rings. The number of aromatic hydroxyl groups is 1. The quantitative estimate of drug-likeness (QED) is 0.447. The molecule has 0 fully saturated rings. The lowest BCUT2D eigenvalue weighted by molar-refractivity contribution is 0.0955. The minimum atomic E-state index is -0.351. The van der Waals surface area contributed by atoms with Crippen molar-refractivity contribution in [3.05, 3.63) is 88.4 Å². The Hall–Kier alpha value is -3.51. The smallest absolute Gasteiger partial charge is 0.271 e. The number of benzene rings is 3. The van der Waals surface area contributed by atoms with Gasteiger partial charge in [0, 0.05) is 10.6 Å². The van der Waals surface area contributed by atoms with E-state index in [1.54, 1.807) is 36.4 Å². The van der Waals surface area contributed by atoms with Gasteiger partial charge in [-0.1, -0.05) is 23.7 Å². The van der Waals surface area contributed by atoms with Gasteiger partial charge in [0.15, 0.2) is 11.5 Å². The Morgan fingerprint density at radius 3 is 2.52 bits per heavy atom. The van der Waals surface area contributed by atoms with Crippen molar-refractivity contribution in [1.29, 1.82) is 0 Å². The summed E-state index contributed by atoms with van der Waals surface area (Å²) in [6.07, 6.45) is 1.46. The number of hydrazone groups is 1.